The Hall–Kier alpha value is -3.41. The molecule has 1 fully saturated rings. The number of fused-ring (bicyclic) bond motifs is 1. The molecule has 3 heterocycles. The van der Waals surface area contributed by atoms with E-state index in [1.807, 2.05) is 36.4 Å². The minimum atomic E-state index is -1.24. The molecule has 1 aliphatic heterocycles. The Bertz CT molecular complexity index is 1280. The molecule has 10 nitrogen and oxygen atoms in total. The fraction of sp³-hybridized carbons (Fsp3) is 0.346. The van der Waals surface area contributed by atoms with Crippen molar-refractivity contribution in [3.63, 3.8) is 0 Å². The molecule has 0 radical (unpaired) electrons. The van der Waals surface area contributed by atoms with E-state index in [1.54, 1.807) is 0 Å². The zero-order valence-corrected chi connectivity index (χ0v) is 19.9. The van der Waals surface area contributed by atoms with Gasteiger partial charge in [0.15, 0.2) is 11.9 Å². The van der Waals surface area contributed by atoms with Crippen LogP contribution in [0.15, 0.2) is 60.7 Å². The van der Waals surface area contributed by atoms with Crippen molar-refractivity contribution < 1.29 is 19.7 Å². The van der Waals surface area contributed by atoms with Crippen LogP contribution in [0.25, 0.3) is 11.2 Å². The molecule has 1 saturated heterocycles. The van der Waals surface area contributed by atoms with E-state index in [9.17, 15) is 10.2 Å². The molecule has 36 heavy (non-hydrogen) atoms. The summed E-state index contributed by atoms with van der Waals surface area (Å²) in [6.45, 7) is 0.226. The van der Waals surface area contributed by atoms with E-state index in [1.165, 1.54) is 11.7 Å². The number of methoxy groups -OCH3 is 1. The average Bonchev–Trinajstić information content (AvgIpc) is 3.38. The Morgan fingerprint density at radius 3 is 2.19 bits per heavy atom. The van der Waals surface area contributed by atoms with Crippen molar-refractivity contribution in [1.29, 1.82) is 0 Å². The lowest BCUT2D eigenvalue weighted by Gasteiger charge is -2.19. The van der Waals surface area contributed by atoms with Crippen molar-refractivity contribution in [2.45, 2.75) is 43.4 Å². The second-order valence-corrected chi connectivity index (χ2v) is 8.88. The van der Waals surface area contributed by atoms with E-state index in [0.29, 0.717) is 29.1 Å². The molecule has 4 atom stereocenters. The van der Waals surface area contributed by atoms with Crippen molar-refractivity contribution in [3.05, 3.63) is 83.3 Å². The van der Waals surface area contributed by atoms with Crippen molar-refractivity contribution >= 4 is 17.1 Å². The van der Waals surface area contributed by atoms with Gasteiger partial charge in [0.25, 0.3) is 0 Å². The molecule has 0 amide bonds. The molecule has 0 unspecified atom stereocenters. The van der Waals surface area contributed by atoms with Crippen LogP contribution in [0.1, 0.15) is 34.8 Å². The lowest BCUT2D eigenvalue weighted by Crippen LogP contribution is -2.33. The zero-order chi connectivity index (χ0) is 25.2. The summed E-state index contributed by atoms with van der Waals surface area (Å²) in [5, 5.41) is 21.2. The van der Waals surface area contributed by atoms with Gasteiger partial charge >= 0.3 is 0 Å². The Kier molecular flexibility index (Phi) is 6.95. The van der Waals surface area contributed by atoms with Crippen LogP contribution in [0.4, 0.5) is 5.95 Å². The van der Waals surface area contributed by atoms with Crippen molar-refractivity contribution in [2.75, 3.05) is 19.5 Å². The number of nitrogens with zero attached hydrogens (tertiary/aromatic N) is 4. The first kappa shape index (κ1) is 24.3. The number of imidazole rings is 1. The predicted octanol–water partition coefficient (Wildman–Crippen LogP) is 1.51. The van der Waals surface area contributed by atoms with Crippen LogP contribution in [0.3, 0.4) is 0 Å². The number of benzene rings is 2. The maximum Gasteiger partial charge on any atom is 0.204 e. The van der Waals surface area contributed by atoms with Gasteiger partial charge in [0.1, 0.15) is 29.7 Å². The largest absolute Gasteiger partial charge is 0.387 e. The Morgan fingerprint density at radius 1 is 0.972 bits per heavy atom. The highest BCUT2D eigenvalue weighted by atomic mass is 16.6. The second-order valence-electron chi connectivity index (χ2n) is 8.88. The van der Waals surface area contributed by atoms with Gasteiger partial charge in [-0.3, -0.25) is 4.57 Å². The molecule has 0 aliphatic carbocycles. The number of anilines is 1. The van der Waals surface area contributed by atoms with Crippen LogP contribution < -0.4 is 11.5 Å². The van der Waals surface area contributed by atoms with Crippen LogP contribution in [0.2, 0.25) is 0 Å². The highest BCUT2D eigenvalue weighted by Crippen LogP contribution is 2.36. The summed E-state index contributed by atoms with van der Waals surface area (Å²) < 4.78 is 12.5. The van der Waals surface area contributed by atoms with E-state index in [0.717, 1.165) is 11.1 Å². The number of rotatable bonds is 8. The highest BCUT2D eigenvalue weighted by molar-refractivity contribution is 5.77. The fourth-order valence-corrected chi connectivity index (χ4v) is 4.82. The summed E-state index contributed by atoms with van der Waals surface area (Å²) in [5.41, 5.74) is 16.1. The van der Waals surface area contributed by atoms with Crippen LogP contribution in [-0.4, -0.2) is 61.8 Å². The third-order valence-corrected chi connectivity index (χ3v) is 6.59. The van der Waals surface area contributed by atoms with E-state index in [2.05, 4.69) is 34.2 Å². The third-order valence-electron chi connectivity index (χ3n) is 6.59. The van der Waals surface area contributed by atoms with Crippen LogP contribution >= 0.6 is 0 Å². The summed E-state index contributed by atoms with van der Waals surface area (Å²) in [5.74, 6) is 0.517. The molecule has 2 aromatic heterocycles. The number of aromatic nitrogens is 4. The minimum Gasteiger partial charge on any atom is -0.387 e. The average molecular weight is 491 g/mol. The van der Waals surface area contributed by atoms with Crippen LogP contribution in [-0.2, 0) is 22.4 Å². The second kappa shape index (κ2) is 10.3. The highest BCUT2D eigenvalue weighted by Gasteiger charge is 2.45. The quantitative estimate of drug-likeness (QED) is 0.288. The number of aliphatic hydroxyl groups excluding tert-OH is 2. The monoisotopic (exact) mass is 490 g/mol. The molecule has 2 aromatic carbocycles. The Morgan fingerprint density at radius 2 is 1.61 bits per heavy atom. The number of nitrogens with two attached hydrogens (primary N) is 2. The van der Waals surface area contributed by atoms with Gasteiger partial charge in [-0.05, 0) is 11.1 Å². The number of nitrogen functional groups attached to an aromatic ring is 1. The van der Waals surface area contributed by atoms with Crippen LogP contribution in [0, 0.1) is 0 Å². The molecule has 4 aromatic rings. The minimum absolute atomic E-state index is 0.00345. The maximum absolute atomic E-state index is 10.7. The molecule has 0 saturated carbocycles. The van der Waals surface area contributed by atoms with Gasteiger partial charge in [-0.15, -0.1) is 0 Å². The number of ether oxygens (including phenoxy) is 2. The summed E-state index contributed by atoms with van der Waals surface area (Å²) in [4.78, 5) is 13.9. The smallest absolute Gasteiger partial charge is 0.204 e. The standard InChI is InChI=1S/C26H30N6O4/c1-35-14-19-22(33)23(34)25(36-19)32-24-21(31-26(32)28)18(29-20(13-27)30-24)12-17(15-8-4-2-5-9-15)16-10-6-3-7-11-16/h2-11,17,19,22-23,25,33-34H,12-14,27H2,1H3,(H2,28,31)/t19-,22-,23-,25-/m1/s1. The number of aliphatic hydroxyl groups is 2. The van der Waals surface area contributed by atoms with Crippen molar-refractivity contribution in [1.82, 2.24) is 19.5 Å². The van der Waals surface area contributed by atoms with Gasteiger partial charge < -0.3 is 31.2 Å². The maximum atomic E-state index is 10.7. The van der Waals surface area contributed by atoms with Gasteiger partial charge in [-0.2, -0.15) is 0 Å². The summed E-state index contributed by atoms with van der Waals surface area (Å²) in [6, 6.07) is 20.4. The lowest BCUT2D eigenvalue weighted by atomic mass is 9.87. The lowest BCUT2D eigenvalue weighted by molar-refractivity contribution is -0.0571. The first-order chi connectivity index (χ1) is 17.5. The van der Waals surface area contributed by atoms with E-state index in [-0.39, 0.29) is 25.0 Å². The SMILES string of the molecule is COC[C@H]1O[C@@H](n2c(N)nc3c(CC(c4ccccc4)c4ccccc4)nc(CN)nc32)[C@H](O)[C@@H]1O. The van der Waals surface area contributed by atoms with Gasteiger partial charge in [0.05, 0.1) is 18.8 Å². The zero-order valence-electron chi connectivity index (χ0n) is 19.9. The van der Waals surface area contributed by atoms with E-state index in [4.69, 9.17) is 25.9 Å². The number of hydrogen-bond acceptors (Lipinski definition) is 9. The van der Waals surface area contributed by atoms with Gasteiger partial charge in [0.2, 0.25) is 5.95 Å². The normalized spacial score (nSPS) is 22.0. The Labute approximate surface area is 208 Å². The van der Waals surface area contributed by atoms with E-state index >= 15 is 0 Å². The van der Waals surface area contributed by atoms with Gasteiger partial charge in [0, 0.05) is 19.4 Å². The van der Waals surface area contributed by atoms with Gasteiger partial charge in [-0.1, -0.05) is 60.7 Å². The fourth-order valence-electron chi connectivity index (χ4n) is 4.82. The molecular formula is C26H30N6O4. The van der Waals surface area contributed by atoms with Crippen molar-refractivity contribution in [2.24, 2.45) is 5.73 Å². The molecule has 6 N–H and O–H groups in total. The van der Waals surface area contributed by atoms with Crippen LogP contribution in [0.5, 0.6) is 0 Å². The van der Waals surface area contributed by atoms with Gasteiger partial charge in [-0.25, -0.2) is 15.0 Å². The molecule has 1 aliphatic rings. The summed E-state index contributed by atoms with van der Waals surface area (Å²) in [7, 11) is 1.50. The number of hydrogen-bond donors (Lipinski definition) is 4. The first-order valence-corrected chi connectivity index (χ1v) is 11.9. The van der Waals surface area contributed by atoms with E-state index < -0.39 is 24.5 Å². The summed E-state index contributed by atoms with van der Waals surface area (Å²) in [6.07, 6.45) is -3.58. The first-order valence-electron chi connectivity index (χ1n) is 11.9. The third kappa shape index (κ3) is 4.45. The molecule has 10 heteroatoms. The summed E-state index contributed by atoms with van der Waals surface area (Å²) >= 11 is 0. The van der Waals surface area contributed by atoms with Crippen molar-refractivity contribution in [3.8, 4) is 0 Å². The Balaban J connectivity index is 1.61. The predicted molar refractivity (Wildman–Crippen MR) is 134 cm³/mol. The molecule has 188 valence electrons. The molecule has 5 rings (SSSR count). The molecular weight excluding hydrogens is 460 g/mol. The topological polar surface area (TPSA) is 155 Å². The molecule has 0 bridgehead atoms. The molecule has 0 spiro atoms.